The second-order valence-corrected chi connectivity index (χ2v) is 4.50. The first-order valence-corrected chi connectivity index (χ1v) is 3.70. The summed E-state index contributed by atoms with van der Waals surface area (Å²) in [6, 6.07) is 0. The number of rotatable bonds is 0. The van der Waals surface area contributed by atoms with E-state index >= 15 is 0 Å². The average Bonchev–Trinajstić information content (AvgIpc) is 1.78. The molecule has 1 aliphatic carbocycles. The second kappa shape index (κ2) is 1.72. The largest absolute Gasteiger partial charge is 0.325 e. The van der Waals surface area contributed by atoms with Crippen molar-refractivity contribution in [3.63, 3.8) is 0 Å². The topological polar surface area (TPSA) is 26.0 Å². The molecule has 9 heavy (non-hydrogen) atoms. The van der Waals surface area contributed by atoms with Crippen molar-refractivity contribution < 1.29 is 0 Å². The fourth-order valence-corrected chi connectivity index (χ4v) is 1.89. The lowest BCUT2D eigenvalue weighted by Gasteiger charge is -2.21. The molecular formula is C8H17N. The first-order chi connectivity index (χ1) is 3.91. The van der Waals surface area contributed by atoms with Crippen molar-refractivity contribution >= 4 is 0 Å². The van der Waals surface area contributed by atoms with E-state index in [1.54, 1.807) is 0 Å². The number of nitrogens with two attached hydrogens (primary N) is 1. The Kier molecular flexibility index (Phi) is 1.35. The van der Waals surface area contributed by atoms with Crippen LogP contribution in [0, 0.1) is 5.41 Å². The van der Waals surface area contributed by atoms with E-state index in [0.717, 1.165) is 0 Å². The summed E-state index contributed by atoms with van der Waals surface area (Å²) in [4.78, 5) is 0. The molecular weight excluding hydrogens is 110 g/mol. The van der Waals surface area contributed by atoms with Crippen LogP contribution in [0.1, 0.15) is 40.0 Å². The summed E-state index contributed by atoms with van der Waals surface area (Å²) in [7, 11) is 0. The van der Waals surface area contributed by atoms with Gasteiger partial charge in [-0.2, -0.15) is 0 Å². The van der Waals surface area contributed by atoms with Crippen LogP contribution in [0.15, 0.2) is 0 Å². The molecule has 1 saturated carbocycles. The minimum Gasteiger partial charge on any atom is -0.325 e. The van der Waals surface area contributed by atoms with Crippen LogP contribution >= 0.6 is 0 Å². The van der Waals surface area contributed by atoms with Crippen molar-refractivity contribution in [1.82, 2.24) is 0 Å². The third-order valence-corrected chi connectivity index (χ3v) is 2.26. The van der Waals surface area contributed by atoms with Crippen LogP contribution in [0.25, 0.3) is 0 Å². The number of hydrogen-bond donors (Lipinski definition) is 1. The van der Waals surface area contributed by atoms with Gasteiger partial charge in [-0.15, -0.1) is 0 Å². The van der Waals surface area contributed by atoms with Gasteiger partial charge in [-0.25, -0.2) is 0 Å². The van der Waals surface area contributed by atoms with Gasteiger partial charge in [-0.05, 0) is 31.6 Å². The third kappa shape index (κ3) is 1.68. The van der Waals surface area contributed by atoms with Gasteiger partial charge in [-0.1, -0.05) is 13.8 Å². The summed E-state index contributed by atoms with van der Waals surface area (Å²) < 4.78 is 0. The van der Waals surface area contributed by atoms with E-state index in [2.05, 4.69) is 20.8 Å². The zero-order valence-electron chi connectivity index (χ0n) is 6.70. The van der Waals surface area contributed by atoms with Gasteiger partial charge in [0.05, 0.1) is 0 Å². The Labute approximate surface area is 57.6 Å². The molecule has 0 amide bonds. The van der Waals surface area contributed by atoms with Gasteiger partial charge in [0.25, 0.3) is 0 Å². The highest BCUT2D eigenvalue weighted by Crippen LogP contribution is 2.41. The molecule has 0 aromatic heterocycles. The molecule has 0 aromatic rings. The second-order valence-electron chi connectivity index (χ2n) is 4.50. The molecule has 0 saturated heterocycles. The van der Waals surface area contributed by atoms with E-state index in [0.29, 0.717) is 5.41 Å². The molecule has 1 unspecified atom stereocenters. The highest BCUT2D eigenvalue weighted by atomic mass is 14.7. The summed E-state index contributed by atoms with van der Waals surface area (Å²) in [5.41, 5.74) is 6.59. The normalized spacial score (nSPS) is 41.3. The summed E-state index contributed by atoms with van der Waals surface area (Å²) >= 11 is 0. The van der Waals surface area contributed by atoms with E-state index in [1.807, 2.05) is 0 Å². The first kappa shape index (κ1) is 7.07. The Bertz CT molecular complexity index is 99.7. The zero-order chi connectivity index (χ0) is 7.12. The molecule has 0 radical (unpaired) electrons. The van der Waals surface area contributed by atoms with Gasteiger partial charge in [0.1, 0.15) is 0 Å². The molecule has 1 rings (SSSR count). The number of hydrogen-bond acceptors (Lipinski definition) is 1. The lowest BCUT2D eigenvalue weighted by molar-refractivity contribution is 0.348. The molecule has 1 heteroatoms. The molecule has 0 aromatic carbocycles. The van der Waals surface area contributed by atoms with Crippen molar-refractivity contribution in [1.29, 1.82) is 0 Å². The van der Waals surface area contributed by atoms with Crippen LogP contribution in [0.3, 0.4) is 0 Å². The maximum atomic E-state index is 5.95. The van der Waals surface area contributed by atoms with Crippen molar-refractivity contribution in [2.24, 2.45) is 11.1 Å². The molecule has 0 heterocycles. The molecule has 0 aliphatic heterocycles. The predicted molar refractivity (Wildman–Crippen MR) is 40.2 cm³/mol. The van der Waals surface area contributed by atoms with E-state index in [9.17, 15) is 0 Å². The van der Waals surface area contributed by atoms with Crippen molar-refractivity contribution in [2.45, 2.75) is 45.6 Å². The minimum absolute atomic E-state index is 0.128. The van der Waals surface area contributed by atoms with Crippen molar-refractivity contribution in [2.75, 3.05) is 0 Å². The quantitative estimate of drug-likeness (QED) is 0.528. The van der Waals surface area contributed by atoms with E-state index in [1.165, 1.54) is 19.3 Å². The van der Waals surface area contributed by atoms with Crippen LogP contribution in [0.5, 0.6) is 0 Å². The zero-order valence-corrected chi connectivity index (χ0v) is 6.70. The summed E-state index contributed by atoms with van der Waals surface area (Å²) in [5.74, 6) is 0. The Hall–Kier alpha value is -0.0400. The summed E-state index contributed by atoms with van der Waals surface area (Å²) in [6.07, 6.45) is 3.67. The molecule has 54 valence electrons. The lowest BCUT2D eigenvalue weighted by atomic mass is 9.89. The van der Waals surface area contributed by atoms with E-state index in [4.69, 9.17) is 5.73 Å². The molecule has 1 nitrogen and oxygen atoms in total. The van der Waals surface area contributed by atoms with Gasteiger partial charge < -0.3 is 5.73 Å². The van der Waals surface area contributed by atoms with Gasteiger partial charge in [0.2, 0.25) is 0 Å². The van der Waals surface area contributed by atoms with Crippen molar-refractivity contribution in [3.8, 4) is 0 Å². The molecule has 0 spiro atoms. The SMILES string of the molecule is CC1(C)CCC(C)(N)C1. The van der Waals surface area contributed by atoms with Gasteiger partial charge >= 0.3 is 0 Å². The van der Waals surface area contributed by atoms with Gasteiger partial charge in [0, 0.05) is 5.54 Å². The summed E-state index contributed by atoms with van der Waals surface area (Å²) in [5, 5.41) is 0. The Morgan fingerprint density at radius 2 is 1.67 bits per heavy atom. The summed E-state index contributed by atoms with van der Waals surface area (Å²) in [6.45, 7) is 6.75. The standard InChI is InChI=1S/C8H17N/c1-7(2)4-5-8(3,9)6-7/h4-6,9H2,1-3H3. The molecule has 0 bridgehead atoms. The fourth-order valence-electron chi connectivity index (χ4n) is 1.89. The first-order valence-electron chi connectivity index (χ1n) is 3.70. The van der Waals surface area contributed by atoms with Crippen LogP contribution in [0.2, 0.25) is 0 Å². The Balaban J connectivity index is 2.58. The average molecular weight is 127 g/mol. The Morgan fingerprint density at radius 3 is 1.78 bits per heavy atom. The highest BCUT2D eigenvalue weighted by molar-refractivity contribution is 4.93. The van der Waals surface area contributed by atoms with Crippen LogP contribution in [-0.2, 0) is 0 Å². The lowest BCUT2D eigenvalue weighted by Crippen LogP contribution is -2.33. The van der Waals surface area contributed by atoms with Crippen LogP contribution < -0.4 is 5.73 Å². The molecule has 2 N–H and O–H groups in total. The monoisotopic (exact) mass is 127 g/mol. The maximum Gasteiger partial charge on any atom is 0.0131 e. The molecule has 1 fully saturated rings. The third-order valence-electron chi connectivity index (χ3n) is 2.26. The smallest absolute Gasteiger partial charge is 0.0131 e. The fraction of sp³-hybridized carbons (Fsp3) is 1.00. The maximum absolute atomic E-state index is 5.95. The van der Waals surface area contributed by atoms with Crippen molar-refractivity contribution in [3.05, 3.63) is 0 Å². The molecule has 1 aliphatic rings. The Morgan fingerprint density at radius 1 is 1.11 bits per heavy atom. The van der Waals surface area contributed by atoms with Gasteiger partial charge in [-0.3, -0.25) is 0 Å². The minimum atomic E-state index is 0.128. The van der Waals surface area contributed by atoms with Crippen LogP contribution in [-0.4, -0.2) is 5.54 Å². The van der Waals surface area contributed by atoms with E-state index in [-0.39, 0.29) is 5.54 Å². The van der Waals surface area contributed by atoms with E-state index < -0.39 is 0 Å². The van der Waals surface area contributed by atoms with Crippen LogP contribution in [0.4, 0.5) is 0 Å². The highest BCUT2D eigenvalue weighted by Gasteiger charge is 2.36. The molecule has 1 atom stereocenters. The van der Waals surface area contributed by atoms with Gasteiger partial charge in [0.15, 0.2) is 0 Å². The predicted octanol–water partition coefficient (Wildman–Crippen LogP) is 1.91.